The van der Waals surface area contributed by atoms with Crippen LogP contribution < -0.4 is 14.2 Å². The number of nitrogens with zero attached hydrogens (tertiary/aromatic N) is 3. The molecule has 8 nitrogen and oxygen atoms in total. The lowest BCUT2D eigenvalue weighted by Gasteiger charge is -2.13. The summed E-state index contributed by atoms with van der Waals surface area (Å²) >= 11 is 6.27. The lowest BCUT2D eigenvalue weighted by Crippen LogP contribution is -2.09. The molecule has 0 amide bonds. The maximum atomic E-state index is 12.8. The predicted molar refractivity (Wildman–Crippen MR) is 135 cm³/mol. The van der Waals surface area contributed by atoms with Gasteiger partial charge in [-0.25, -0.2) is 9.48 Å². The molecule has 0 saturated carbocycles. The molecule has 39 heavy (non-hydrogen) atoms. The number of benzene rings is 3. The van der Waals surface area contributed by atoms with Gasteiger partial charge in [0.25, 0.3) is 5.88 Å². The third-order valence-electron chi connectivity index (χ3n) is 5.44. The van der Waals surface area contributed by atoms with Gasteiger partial charge in [0, 0.05) is 6.07 Å². The summed E-state index contributed by atoms with van der Waals surface area (Å²) < 4.78 is 61.9. The van der Waals surface area contributed by atoms with Crippen molar-refractivity contribution >= 4 is 17.6 Å². The van der Waals surface area contributed by atoms with Gasteiger partial charge in [0.2, 0.25) is 5.69 Å². The summed E-state index contributed by atoms with van der Waals surface area (Å²) in [5, 5.41) is 8.27. The number of hydrogen-bond acceptors (Lipinski definition) is 7. The molecule has 0 fully saturated rings. The van der Waals surface area contributed by atoms with E-state index >= 15 is 0 Å². The van der Waals surface area contributed by atoms with Gasteiger partial charge in [-0.1, -0.05) is 41.1 Å². The van der Waals surface area contributed by atoms with Crippen LogP contribution in [0.15, 0.2) is 66.7 Å². The summed E-state index contributed by atoms with van der Waals surface area (Å²) in [6, 6.07) is 16.4. The van der Waals surface area contributed by atoms with E-state index < -0.39 is 17.7 Å². The predicted octanol–water partition coefficient (Wildman–Crippen LogP) is 6.56. The molecule has 4 rings (SSSR count). The average Bonchev–Trinajstić information content (AvgIpc) is 3.31. The van der Waals surface area contributed by atoms with E-state index in [1.54, 1.807) is 32.2 Å². The lowest BCUT2D eigenvalue weighted by molar-refractivity contribution is -0.137. The molecule has 4 aromatic rings. The normalized spacial score (nSPS) is 11.2. The Labute approximate surface area is 226 Å². The topological polar surface area (TPSA) is 84.7 Å². The molecule has 12 heteroatoms. The van der Waals surface area contributed by atoms with E-state index in [1.807, 2.05) is 12.1 Å². The minimum absolute atomic E-state index is 0.0354. The van der Waals surface area contributed by atoms with Crippen molar-refractivity contribution in [2.45, 2.75) is 26.3 Å². The molecule has 1 aromatic heterocycles. The van der Waals surface area contributed by atoms with Gasteiger partial charge < -0.3 is 18.9 Å². The van der Waals surface area contributed by atoms with Gasteiger partial charge >= 0.3 is 12.1 Å². The van der Waals surface area contributed by atoms with Crippen molar-refractivity contribution in [3.05, 3.63) is 94.1 Å². The Morgan fingerprint density at radius 1 is 0.974 bits per heavy atom. The Hall–Kier alpha value is -4.25. The molecule has 1 heterocycles. The van der Waals surface area contributed by atoms with Crippen LogP contribution in [0.4, 0.5) is 13.2 Å². The molecule has 0 saturated heterocycles. The summed E-state index contributed by atoms with van der Waals surface area (Å²) in [5.74, 6) is 0.499. The third-order valence-corrected chi connectivity index (χ3v) is 5.75. The van der Waals surface area contributed by atoms with Crippen molar-refractivity contribution < 1.29 is 36.9 Å². The second-order valence-electron chi connectivity index (χ2n) is 8.15. The average molecular weight is 562 g/mol. The van der Waals surface area contributed by atoms with E-state index in [4.69, 9.17) is 30.5 Å². The first kappa shape index (κ1) is 27.8. The summed E-state index contributed by atoms with van der Waals surface area (Å²) in [6.45, 7) is 2.00. The number of halogens is 4. The number of carbonyl (C=O) groups is 1. The van der Waals surface area contributed by atoms with Gasteiger partial charge in [-0.15, -0.1) is 5.10 Å². The van der Waals surface area contributed by atoms with Gasteiger partial charge in [0.05, 0.1) is 30.8 Å². The molecule has 204 valence electrons. The standard InChI is InChI=1S/C27H23ClF3N3O5/c1-3-37-26(35)24-25(34(33-32-24)15-17-6-10-20(36-2)11-7-17)39-21-12-13-22(28)23(14-21)38-16-18-4-8-19(9-5-18)27(29,30)31/h4-14H,3,15-16H2,1-2H3. The van der Waals surface area contributed by atoms with Gasteiger partial charge in [0.15, 0.2) is 0 Å². The zero-order valence-electron chi connectivity index (χ0n) is 20.9. The van der Waals surface area contributed by atoms with E-state index in [2.05, 4.69) is 10.3 Å². The first-order chi connectivity index (χ1) is 18.7. The van der Waals surface area contributed by atoms with Crippen LogP contribution in [0.1, 0.15) is 34.1 Å². The van der Waals surface area contributed by atoms with Crippen LogP contribution in [-0.4, -0.2) is 34.7 Å². The highest BCUT2D eigenvalue weighted by atomic mass is 35.5. The zero-order chi connectivity index (χ0) is 28.0. The fourth-order valence-corrected chi connectivity index (χ4v) is 3.63. The fourth-order valence-electron chi connectivity index (χ4n) is 3.46. The number of hydrogen-bond donors (Lipinski definition) is 0. The maximum Gasteiger partial charge on any atom is 0.416 e. The molecular formula is C27H23ClF3N3O5. The Balaban J connectivity index is 1.55. The lowest BCUT2D eigenvalue weighted by atomic mass is 10.1. The molecule has 0 aliphatic rings. The molecule has 0 radical (unpaired) electrons. The summed E-state index contributed by atoms with van der Waals surface area (Å²) in [4.78, 5) is 12.5. The highest BCUT2D eigenvalue weighted by molar-refractivity contribution is 6.32. The minimum Gasteiger partial charge on any atom is -0.497 e. The van der Waals surface area contributed by atoms with Crippen LogP contribution in [-0.2, 0) is 24.1 Å². The zero-order valence-corrected chi connectivity index (χ0v) is 21.6. The quantitative estimate of drug-likeness (QED) is 0.203. The van der Waals surface area contributed by atoms with E-state index in [-0.39, 0.29) is 47.9 Å². The van der Waals surface area contributed by atoms with Gasteiger partial charge in [-0.3, -0.25) is 0 Å². The summed E-state index contributed by atoms with van der Waals surface area (Å²) in [6.07, 6.45) is -4.43. The SMILES string of the molecule is CCOC(=O)c1nnn(Cc2ccc(OC)cc2)c1Oc1ccc(Cl)c(OCc2ccc(C(F)(F)F)cc2)c1. The smallest absolute Gasteiger partial charge is 0.416 e. The Morgan fingerprint density at radius 2 is 1.64 bits per heavy atom. The van der Waals surface area contributed by atoms with Gasteiger partial charge in [-0.2, -0.15) is 13.2 Å². The van der Waals surface area contributed by atoms with Crippen molar-refractivity contribution in [2.75, 3.05) is 13.7 Å². The minimum atomic E-state index is -4.43. The van der Waals surface area contributed by atoms with E-state index in [0.29, 0.717) is 11.3 Å². The molecule has 0 aliphatic carbocycles. The van der Waals surface area contributed by atoms with Gasteiger partial charge in [-0.05, 0) is 54.4 Å². The number of rotatable bonds is 10. The summed E-state index contributed by atoms with van der Waals surface area (Å²) in [7, 11) is 1.57. The van der Waals surface area contributed by atoms with Crippen LogP contribution in [0.2, 0.25) is 5.02 Å². The van der Waals surface area contributed by atoms with Crippen LogP contribution in [0.25, 0.3) is 0 Å². The van der Waals surface area contributed by atoms with Crippen molar-refractivity contribution in [3.8, 4) is 23.1 Å². The van der Waals surface area contributed by atoms with E-state index in [0.717, 1.165) is 17.7 Å². The van der Waals surface area contributed by atoms with Crippen LogP contribution in [0.5, 0.6) is 23.1 Å². The van der Waals surface area contributed by atoms with Crippen LogP contribution in [0, 0.1) is 0 Å². The molecule has 0 atom stereocenters. The Kier molecular flexibility index (Phi) is 8.60. The highest BCUT2D eigenvalue weighted by Crippen LogP contribution is 2.34. The third kappa shape index (κ3) is 6.99. The monoisotopic (exact) mass is 561 g/mol. The molecule has 3 aromatic carbocycles. The Morgan fingerprint density at radius 3 is 2.28 bits per heavy atom. The van der Waals surface area contributed by atoms with Crippen molar-refractivity contribution in [2.24, 2.45) is 0 Å². The number of alkyl halides is 3. The molecule has 0 bridgehead atoms. The number of carbonyl (C=O) groups excluding carboxylic acids is 1. The van der Waals surface area contributed by atoms with Crippen molar-refractivity contribution in [1.29, 1.82) is 0 Å². The van der Waals surface area contributed by atoms with Crippen molar-refractivity contribution in [1.82, 2.24) is 15.0 Å². The van der Waals surface area contributed by atoms with Crippen molar-refractivity contribution in [3.63, 3.8) is 0 Å². The largest absolute Gasteiger partial charge is 0.497 e. The molecule has 0 aliphatic heterocycles. The number of methoxy groups -OCH3 is 1. The number of esters is 1. The maximum absolute atomic E-state index is 12.8. The molecule has 0 N–H and O–H groups in total. The van der Waals surface area contributed by atoms with Gasteiger partial charge in [0.1, 0.15) is 23.9 Å². The van der Waals surface area contributed by atoms with Crippen LogP contribution >= 0.6 is 11.6 Å². The molecular weight excluding hydrogens is 539 g/mol. The second-order valence-corrected chi connectivity index (χ2v) is 8.55. The highest BCUT2D eigenvalue weighted by Gasteiger charge is 2.30. The Bertz CT molecular complexity index is 1420. The second kappa shape index (κ2) is 12.1. The number of aromatic nitrogens is 3. The molecule has 0 unspecified atom stereocenters. The fraction of sp³-hybridized carbons (Fsp3) is 0.222. The van der Waals surface area contributed by atoms with E-state index in [1.165, 1.54) is 28.9 Å². The number of ether oxygens (including phenoxy) is 4. The first-order valence-electron chi connectivity index (χ1n) is 11.7. The molecule has 0 spiro atoms. The summed E-state index contributed by atoms with van der Waals surface area (Å²) in [5.41, 5.74) is 0.485. The first-order valence-corrected chi connectivity index (χ1v) is 12.1. The van der Waals surface area contributed by atoms with E-state index in [9.17, 15) is 18.0 Å². The van der Waals surface area contributed by atoms with Crippen LogP contribution in [0.3, 0.4) is 0 Å².